The Bertz CT molecular complexity index is 886. The van der Waals surface area contributed by atoms with Gasteiger partial charge in [-0.1, -0.05) is 26.7 Å². The van der Waals surface area contributed by atoms with Crippen LogP contribution in [0.5, 0.6) is 0 Å². The molecule has 1 saturated heterocycles. The fraction of sp³-hybridized carbons (Fsp3) is 0.524. The van der Waals surface area contributed by atoms with Gasteiger partial charge in [0.05, 0.1) is 30.7 Å². The Balaban J connectivity index is 2.00. The van der Waals surface area contributed by atoms with Gasteiger partial charge in [0.15, 0.2) is 0 Å². The molecule has 2 aliphatic rings. The molecule has 31 heavy (non-hydrogen) atoms. The standard InChI is InChI=1S/C21H28N4O6/c1-4-9-21(10-5-2)18(27)25(20(29)24-21)12-13-15(17(26)30-6-3)16(23-19(28)22-13)14-8-7-11-31-14/h7-8,11,16H,4-6,9-10,12H2,1-3H3,(H,24,29)(H2,22,23,28). The number of rotatable bonds is 9. The molecule has 10 nitrogen and oxygen atoms in total. The number of urea groups is 2. The third-order valence-electron chi connectivity index (χ3n) is 5.39. The quantitative estimate of drug-likeness (QED) is 0.406. The molecule has 3 heterocycles. The van der Waals surface area contributed by atoms with Crippen molar-refractivity contribution in [3.63, 3.8) is 0 Å². The predicted octanol–water partition coefficient (Wildman–Crippen LogP) is 2.34. The van der Waals surface area contributed by atoms with Crippen LogP contribution in [0, 0.1) is 0 Å². The first-order valence-corrected chi connectivity index (χ1v) is 10.5. The summed E-state index contributed by atoms with van der Waals surface area (Å²) in [6.07, 6.45) is 3.88. The van der Waals surface area contributed by atoms with Gasteiger partial charge in [0.1, 0.15) is 17.3 Å². The molecule has 5 amide bonds. The Morgan fingerprint density at radius 2 is 1.90 bits per heavy atom. The Hall–Kier alpha value is -3.30. The first-order chi connectivity index (χ1) is 14.9. The van der Waals surface area contributed by atoms with Crippen molar-refractivity contribution >= 4 is 23.9 Å². The second-order valence-electron chi connectivity index (χ2n) is 7.56. The molecule has 0 radical (unpaired) electrons. The number of carbonyl (C=O) groups is 4. The Labute approximate surface area is 180 Å². The minimum atomic E-state index is -0.970. The monoisotopic (exact) mass is 432 g/mol. The van der Waals surface area contributed by atoms with E-state index in [0.717, 1.165) is 17.7 Å². The van der Waals surface area contributed by atoms with Crippen molar-refractivity contribution in [3.8, 4) is 0 Å². The SMILES string of the molecule is CCCC1(CCC)NC(=O)N(CC2=C(C(=O)OCC)C(c3ccco3)NC(=O)N2)C1=O. The van der Waals surface area contributed by atoms with E-state index < -0.39 is 29.6 Å². The van der Waals surface area contributed by atoms with Crippen molar-refractivity contribution in [1.29, 1.82) is 0 Å². The Morgan fingerprint density at radius 1 is 1.19 bits per heavy atom. The summed E-state index contributed by atoms with van der Waals surface area (Å²) < 4.78 is 10.6. The van der Waals surface area contributed by atoms with E-state index in [9.17, 15) is 19.2 Å². The molecule has 1 aromatic heterocycles. The molecule has 3 N–H and O–H groups in total. The topological polar surface area (TPSA) is 130 Å². The van der Waals surface area contributed by atoms with Crippen molar-refractivity contribution in [2.45, 2.75) is 58.0 Å². The fourth-order valence-electron chi connectivity index (χ4n) is 4.16. The van der Waals surface area contributed by atoms with Gasteiger partial charge in [0.25, 0.3) is 5.91 Å². The summed E-state index contributed by atoms with van der Waals surface area (Å²) >= 11 is 0. The summed E-state index contributed by atoms with van der Waals surface area (Å²) in [4.78, 5) is 52.1. The van der Waals surface area contributed by atoms with Crippen LogP contribution in [-0.2, 0) is 14.3 Å². The van der Waals surface area contributed by atoms with Gasteiger partial charge in [-0.25, -0.2) is 14.4 Å². The third-order valence-corrected chi connectivity index (χ3v) is 5.39. The minimum absolute atomic E-state index is 0.0838. The number of ether oxygens (including phenoxy) is 1. The lowest BCUT2D eigenvalue weighted by molar-refractivity contribution is -0.139. The maximum atomic E-state index is 13.2. The van der Waals surface area contributed by atoms with Gasteiger partial charge >= 0.3 is 18.0 Å². The molecular formula is C21H28N4O6. The fourth-order valence-corrected chi connectivity index (χ4v) is 4.16. The predicted molar refractivity (Wildman–Crippen MR) is 110 cm³/mol. The maximum Gasteiger partial charge on any atom is 0.338 e. The summed E-state index contributed by atoms with van der Waals surface area (Å²) in [5, 5.41) is 8.04. The average Bonchev–Trinajstić information content (AvgIpc) is 3.32. The summed E-state index contributed by atoms with van der Waals surface area (Å²) in [5.41, 5.74) is -0.765. The molecule has 0 spiro atoms. The zero-order valence-corrected chi connectivity index (χ0v) is 17.9. The number of nitrogens with zero attached hydrogens (tertiary/aromatic N) is 1. The molecule has 0 aliphatic carbocycles. The van der Waals surface area contributed by atoms with E-state index in [2.05, 4.69) is 16.0 Å². The zero-order valence-electron chi connectivity index (χ0n) is 17.9. The number of hydrogen-bond donors (Lipinski definition) is 3. The third kappa shape index (κ3) is 4.28. The molecule has 0 bridgehead atoms. The van der Waals surface area contributed by atoms with E-state index in [1.165, 1.54) is 6.26 Å². The van der Waals surface area contributed by atoms with Gasteiger partial charge < -0.3 is 25.1 Å². The summed E-state index contributed by atoms with van der Waals surface area (Å²) in [5.74, 6) is -0.704. The van der Waals surface area contributed by atoms with Crippen molar-refractivity contribution in [1.82, 2.24) is 20.9 Å². The molecule has 0 aromatic carbocycles. The number of esters is 1. The van der Waals surface area contributed by atoms with Crippen LogP contribution in [0.25, 0.3) is 0 Å². The Kier molecular flexibility index (Phi) is 6.67. The molecule has 168 valence electrons. The van der Waals surface area contributed by atoms with Gasteiger partial charge in [0, 0.05) is 0 Å². The summed E-state index contributed by atoms with van der Waals surface area (Å²) in [7, 11) is 0. The number of furan rings is 1. The molecule has 3 rings (SSSR count). The van der Waals surface area contributed by atoms with Gasteiger partial charge in [-0.15, -0.1) is 0 Å². The first-order valence-electron chi connectivity index (χ1n) is 10.5. The zero-order chi connectivity index (χ0) is 22.6. The average molecular weight is 432 g/mol. The van der Waals surface area contributed by atoms with Gasteiger partial charge in [-0.2, -0.15) is 0 Å². The lowest BCUT2D eigenvalue weighted by Gasteiger charge is -2.30. The van der Waals surface area contributed by atoms with Crippen molar-refractivity contribution in [2.24, 2.45) is 0 Å². The summed E-state index contributed by atoms with van der Waals surface area (Å²) in [6, 6.07) is 1.21. The molecule has 1 fully saturated rings. The second kappa shape index (κ2) is 9.23. The van der Waals surface area contributed by atoms with Crippen LogP contribution >= 0.6 is 0 Å². The highest BCUT2D eigenvalue weighted by Gasteiger charge is 2.50. The van der Waals surface area contributed by atoms with Crippen molar-refractivity contribution < 1.29 is 28.3 Å². The van der Waals surface area contributed by atoms with Crippen LogP contribution in [0.3, 0.4) is 0 Å². The smallest absolute Gasteiger partial charge is 0.338 e. The van der Waals surface area contributed by atoms with Crippen LogP contribution in [0.2, 0.25) is 0 Å². The van der Waals surface area contributed by atoms with E-state index in [1.54, 1.807) is 19.1 Å². The largest absolute Gasteiger partial charge is 0.467 e. The lowest BCUT2D eigenvalue weighted by Crippen LogP contribution is -2.50. The van der Waals surface area contributed by atoms with Crippen molar-refractivity contribution in [2.75, 3.05) is 13.2 Å². The van der Waals surface area contributed by atoms with Crippen LogP contribution in [-0.4, -0.2) is 47.5 Å². The maximum absolute atomic E-state index is 13.2. The molecule has 1 unspecified atom stereocenters. The van der Waals surface area contributed by atoms with E-state index in [1.807, 2.05) is 13.8 Å². The van der Waals surface area contributed by atoms with Crippen LogP contribution in [0.1, 0.15) is 58.3 Å². The van der Waals surface area contributed by atoms with E-state index >= 15 is 0 Å². The van der Waals surface area contributed by atoms with E-state index in [4.69, 9.17) is 9.15 Å². The molecular weight excluding hydrogens is 404 g/mol. The normalized spacial score (nSPS) is 20.4. The number of nitrogens with one attached hydrogen (secondary N) is 3. The van der Waals surface area contributed by atoms with Crippen LogP contribution in [0.15, 0.2) is 34.1 Å². The van der Waals surface area contributed by atoms with Crippen LogP contribution in [0.4, 0.5) is 9.59 Å². The molecule has 0 saturated carbocycles. The van der Waals surface area contributed by atoms with Gasteiger partial charge in [-0.3, -0.25) is 9.69 Å². The van der Waals surface area contributed by atoms with E-state index in [-0.39, 0.29) is 30.3 Å². The number of hydrogen-bond acceptors (Lipinski definition) is 6. The van der Waals surface area contributed by atoms with E-state index in [0.29, 0.717) is 18.6 Å². The number of carbonyl (C=O) groups excluding carboxylic acids is 4. The van der Waals surface area contributed by atoms with Crippen molar-refractivity contribution in [3.05, 3.63) is 35.4 Å². The highest BCUT2D eigenvalue weighted by Crippen LogP contribution is 2.32. The highest BCUT2D eigenvalue weighted by molar-refractivity contribution is 6.07. The van der Waals surface area contributed by atoms with Gasteiger partial charge in [0.2, 0.25) is 0 Å². The number of imide groups is 1. The highest BCUT2D eigenvalue weighted by atomic mass is 16.5. The second-order valence-corrected chi connectivity index (χ2v) is 7.56. The molecule has 1 atom stereocenters. The first kappa shape index (κ1) is 22.4. The molecule has 1 aromatic rings. The Morgan fingerprint density at radius 3 is 2.48 bits per heavy atom. The van der Waals surface area contributed by atoms with Crippen LogP contribution < -0.4 is 16.0 Å². The minimum Gasteiger partial charge on any atom is -0.467 e. The summed E-state index contributed by atoms with van der Waals surface area (Å²) in [6.45, 7) is 5.41. The number of amides is 5. The van der Waals surface area contributed by atoms with Gasteiger partial charge in [-0.05, 0) is 31.9 Å². The lowest BCUT2D eigenvalue weighted by atomic mass is 9.88. The molecule has 10 heteroatoms. The molecule has 2 aliphatic heterocycles.